The fraction of sp³-hybridized carbons (Fsp3) is 0.312. The van der Waals surface area contributed by atoms with Crippen LogP contribution in [-0.2, 0) is 23.8 Å². The highest BCUT2D eigenvalue weighted by molar-refractivity contribution is 7.99. The lowest BCUT2D eigenvalue weighted by Crippen LogP contribution is -2.19. The summed E-state index contributed by atoms with van der Waals surface area (Å²) in [6, 6.07) is 2.96. The molecule has 1 aliphatic rings. The van der Waals surface area contributed by atoms with Crippen molar-refractivity contribution >= 4 is 35.0 Å². The van der Waals surface area contributed by atoms with Gasteiger partial charge in [-0.15, -0.1) is 0 Å². The maximum atomic E-state index is 13.0. The first-order valence-electron chi connectivity index (χ1n) is 7.65. The van der Waals surface area contributed by atoms with Crippen LogP contribution in [0, 0.1) is 0 Å². The molecule has 0 radical (unpaired) electrons. The number of nitrogens with one attached hydrogen (secondary N) is 2. The van der Waals surface area contributed by atoms with E-state index in [1.54, 1.807) is 0 Å². The second-order valence-corrected chi connectivity index (χ2v) is 7.07. The lowest BCUT2D eigenvalue weighted by molar-refractivity contribution is -0.137. The zero-order valence-corrected chi connectivity index (χ0v) is 14.8. The maximum absolute atomic E-state index is 13.0. The Morgan fingerprint density at radius 3 is 2.85 bits per heavy atom. The number of H-pyrrole nitrogens is 1. The Morgan fingerprint density at radius 1 is 1.35 bits per heavy atom. The molecule has 0 atom stereocenters. The Bertz CT molecular complexity index is 915. The minimum absolute atomic E-state index is 0.0746. The van der Waals surface area contributed by atoms with Gasteiger partial charge in [0.25, 0.3) is 5.56 Å². The van der Waals surface area contributed by atoms with Gasteiger partial charge in [0.15, 0.2) is 5.16 Å². The summed E-state index contributed by atoms with van der Waals surface area (Å²) >= 11 is 6.67. The third-order valence-corrected chi connectivity index (χ3v) is 4.93. The van der Waals surface area contributed by atoms with E-state index >= 15 is 0 Å². The fourth-order valence-electron chi connectivity index (χ4n) is 2.67. The van der Waals surface area contributed by atoms with Crippen LogP contribution in [0.25, 0.3) is 0 Å². The minimum Gasteiger partial charge on any atom is -0.325 e. The average molecular weight is 404 g/mol. The predicted molar refractivity (Wildman–Crippen MR) is 92.7 cm³/mol. The number of benzene rings is 1. The van der Waals surface area contributed by atoms with Gasteiger partial charge in [-0.3, -0.25) is 9.59 Å². The van der Waals surface area contributed by atoms with Crippen molar-refractivity contribution in [3.05, 3.63) is 50.4 Å². The molecule has 3 rings (SSSR count). The largest absolute Gasteiger partial charge is 0.418 e. The topological polar surface area (TPSA) is 74.8 Å². The molecule has 2 N–H and O–H groups in total. The van der Waals surface area contributed by atoms with Crippen molar-refractivity contribution in [2.45, 2.75) is 30.6 Å². The number of aryl methyl sites for hydroxylation is 1. The Labute approximate surface area is 155 Å². The summed E-state index contributed by atoms with van der Waals surface area (Å²) in [5.41, 5.74) is -0.252. The van der Waals surface area contributed by atoms with E-state index in [1.165, 1.54) is 0 Å². The number of alkyl halides is 3. The average Bonchev–Trinajstić information content (AvgIpc) is 3.01. The number of aromatic amines is 1. The van der Waals surface area contributed by atoms with Crippen molar-refractivity contribution in [2.24, 2.45) is 0 Å². The van der Waals surface area contributed by atoms with E-state index in [2.05, 4.69) is 15.3 Å². The van der Waals surface area contributed by atoms with Crippen molar-refractivity contribution in [2.75, 3.05) is 11.1 Å². The number of aromatic nitrogens is 2. The summed E-state index contributed by atoms with van der Waals surface area (Å²) in [6.45, 7) is 0. The van der Waals surface area contributed by atoms with Crippen LogP contribution >= 0.6 is 23.4 Å². The third-order valence-electron chi connectivity index (χ3n) is 3.82. The zero-order valence-electron chi connectivity index (χ0n) is 13.2. The molecular formula is C16H13ClF3N3O2S. The van der Waals surface area contributed by atoms with E-state index in [-0.39, 0.29) is 21.5 Å². The summed E-state index contributed by atoms with van der Waals surface area (Å²) in [5.74, 6) is -0.864. The van der Waals surface area contributed by atoms with Gasteiger partial charge in [0, 0.05) is 10.6 Å². The number of rotatable bonds is 4. The van der Waals surface area contributed by atoms with Crippen LogP contribution in [0.4, 0.5) is 18.9 Å². The van der Waals surface area contributed by atoms with Gasteiger partial charge in [-0.1, -0.05) is 23.4 Å². The Hall–Kier alpha value is -2.00. The highest BCUT2D eigenvalue weighted by Gasteiger charge is 2.34. The van der Waals surface area contributed by atoms with Crippen LogP contribution in [0.5, 0.6) is 0 Å². The van der Waals surface area contributed by atoms with Gasteiger partial charge in [-0.25, -0.2) is 4.98 Å². The standard InChI is InChI=1S/C16H13ClF3N3O2S/c17-8-4-5-10(16(18,19)20)12(6-8)21-13(24)7-26-15-22-11-3-1-2-9(11)14(25)23-15/h4-6H,1-3,7H2,(H,21,24)(H,22,23,25). The number of halogens is 4. The van der Waals surface area contributed by atoms with Crippen LogP contribution < -0.4 is 10.9 Å². The highest BCUT2D eigenvalue weighted by Crippen LogP contribution is 2.36. The van der Waals surface area contributed by atoms with Gasteiger partial charge in [0.2, 0.25) is 5.91 Å². The van der Waals surface area contributed by atoms with Crippen LogP contribution in [0.3, 0.4) is 0 Å². The van der Waals surface area contributed by atoms with Gasteiger partial charge < -0.3 is 10.3 Å². The van der Waals surface area contributed by atoms with Gasteiger partial charge in [-0.2, -0.15) is 13.2 Å². The number of hydrogen-bond donors (Lipinski definition) is 2. The highest BCUT2D eigenvalue weighted by atomic mass is 35.5. The zero-order chi connectivity index (χ0) is 18.9. The molecule has 1 aromatic carbocycles. The third kappa shape index (κ3) is 4.21. The van der Waals surface area contributed by atoms with Crippen molar-refractivity contribution in [3.8, 4) is 0 Å². The lowest BCUT2D eigenvalue weighted by Gasteiger charge is -2.14. The van der Waals surface area contributed by atoms with E-state index in [0.717, 1.165) is 36.4 Å². The normalized spacial score (nSPS) is 13.5. The molecule has 1 heterocycles. The number of thioether (sulfide) groups is 1. The van der Waals surface area contributed by atoms with Crippen molar-refractivity contribution < 1.29 is 18.0 Å². The molecule has 0 saturated carbocycles. The predicted octanol–water partition coefficient (Wildman–Crippen LogP) is 3.66. The summed E-state index contributed by atoms with van der Waals surface area (Å²) in [6.07, 6.45) is -2.38. The first-order valence-corrected chi connectivity index (χ1v) is 9.02. The first-order chi connectivity index (χ1) is 12.2. The molecule has 1 aromatic heterocycles. The molecule has 0 saturated heterocycles. The number of carbonyl (C=O) groups excluding carboxylic acids is 1. The Kier molecular flexibility index (Phi) is 5.29. The Balaban J connectivity index is 1.70. The molecule has 26 heavy (non-hydrogen) atoms. The molecule has 10 heteroatoms. The molecule has 0 spiro atoms. The second-order valence-electron chi connectivity index (χ2n) is 5.67. The number of anilines is 1. The molecule has 1 aliphatic carbocycles. The molecule has 1 amide bonds. The number of nitrogens with zero attached hydrogens (tertiary/aromatic N) is 1. The van der Waals surface area contributed by atoms with Gasteiger partial charge >= 0.3 is 6.18 Å². The quantitative estimate of drug-likeness (QED) is 0.603. The summed E-state index contributed by atoms with van der Waals surface area (Å²) < 4.78 is 39.0. The molecule has 0 fully saturated rings. The molecular weight excluding hydrogens is 391 g/mol. The maximum Gasteiger partial charge on any atom is 0.418 e. The molecule has 0 aliphatic heterocycles. The summed E-state index contributed by atoms with van der Waals surface area (Å²) in [7, 11) is 0. The molecule has 2 aromatic rings. The van der Waals surface area contributed by atoms with E-state index in [0.29, 0.717) is 24.1 Å². The summed E-state index contributed by atoms with van der Waals surface area (Å²) in [4.78, 5) is 30.8. The smallest absolute Gasteiger partial charge is 0.325 e. The number of carbonyl (C=O) groups is 1. The number of fused-ring (bicyclic) bond motifs is 1. The van der Waals surface area contributed by atoms with Crippen molar-refractivity contribution in [1.82, 2.24) is 9.97 Å². The van der Waals surface area contributed by atoms with Crippen molar-refractivity contribution in [3.63, 3.8) is 0 Å². The fourth-order valence-corrected chi connectivity index (χ4v) is 3.53. The molecule has 0 unspecified atom stereocenters. The summed E-state index contributed by atoms with van der Waals surface area (Å²) in [5, 5.41) is 2.56. The van der Waals surface area contributed by atoms with Gasteiger partial charge in [0.05, 0.1) is 22.7 Å². The second kappa shape index (κ2) is 7.32. The SMILES string of the molecule is O=C(CSc1nc2c(c(=O)[nH]1)CCC2)Nc1cc(Cl)ccc1C(F)(F)F. The monoisotopic (exact) mass is 403 g/mol. The van der Waals surface area contributed by atoms with E-state index in [1.807, 2.05) is 0 Å². The molecule has 138 valence electrons. The van der Waals surface area contributed by atoms with E-state index < -0.39 is 23.3 Å². The van der Waals surface area contributed by atoms with Crippen LogP contribution in [0.15, 0.2) is 28.2 Å². The van der Waals surface area contributed by atoms with Crippen LogP contribution in [-0.4, -0.2) is 21.6 Å². The number of amides is 1. The van der Waals surface area contributed by atoms with E-state index in [9.17, 15) is 22.8 Å². The Morgan fingerprint density at radius 2 is 2.12 bits per heavy atom. The number of hydrogen-bond acceptors (Lipinski definition) is 4. The molecule has 0 bridgehead atoms. The van der Waals surface area contributed by atoms with Crippen molar-refractivity contribution in [1.29, 1.82) is 0 Å². The van der Waals surface area contributed by atoms with Gasteiger partial charge in [0.1, 0.15) is 0 Å². The molecule has 5 nitrogen and oxygen atoms in total. The van der Waals surface area contributed by atoms with Crippen LogP contribution in [0.1, 0.15) is 23.2 Å². The lowest BCUT2D eigenvalue weighted by atomic mass is 10.1. The van der Waals surface area contributed by atoms with E-state index in [4.69, 9.17) is 11.6 Å². The minimum atomic E-state index is -4.62. The van der Waals surface area contributed by atoms with Crippen LogP contribution in [0.2, 0.25) is 5.02 Å². The first kappa shape index (κ1) is 18.8. The van der Waals surface area contributed by atoms with Gasteiger partial charge in [-0.05, 0) is 37.5 Å².